The van der Waals surface area contributed by atoms with E-state index in [1.54, 1.807) is 0 Å². The van der Waals surface area contributed by atoms with E-state index < -0.39 is 0 Å². The number of carbonyl (C=O) groups is 1. The third kappa shape index (κ3) is 17.0. The second-order valence-corrected chi connectivity index (χ2v) is 5.44. The summed E-state index contributed by atoms with van der Waals surface area (Å²) in [5.41, 5.74) is 5.82. The third-order valence-electron chi connectivity index (χ3n) is 2.06. The summed E-state index contributed by atoms with van der Waals surface area (Å²) < 4.78 is 0. The molecule has 0 bridgehead atoms. The summed E-state index contributed by atoms with van der Waals surface area (Å²) in [7, 11) is 3.66. The predicted molar refractivity (Wildman–Crippen MR) is 101 cm³/mol. The number of nitrogens with one attached hydrogen (secondary N) is 2. The van der Waals surface area contributed by atoms with Crippen molar-refractivity contribution in [3.63, 3.8) is 0 Å². The first-order valence-corrected chi connectivity index (χ1v) is 8.12. The van der Waals surface area contributed by atoms with Gasteiger partial charge in [0.1, 0.15) is 4.99 Å². The minimum Gasteiger partial charge on any atom is -0.383 e. The molecule has 21 heavy (non-hydrogen) atoms. The summed E-state index contributed by atoms with van der Waals surface area (Å²) in [6, 6.07) is 0. The topological polar surface area (TPSA) is 93.2 Å². The highest BCUT2D eigenvalue weighted by Gasteiger charge is 2.00. The standard InChI is InChI=1S/C8H11NS.C3H7NS.C2H6N2OS/c1-9-8(10)7-5-3-2-4-6-7;1-3(5)4-2;3-2(5)1-6-4/h3,5-6H,2,4H2,1H3,(H,9,10);1-2H3,(H,4,5);1,4H2,(H2,3,5). The maximum Gasteiger partial charge on any atom is 0.228 e. The number of thiocarbonyl (C=S) groups is 2. The summed E-state index contributed by atoms with van der Waals surface area (Å²) >= 11 is 10.6. The quantitative estimate of drug-likeness (QED) is 0.453. The Hall–Kier alpha value is -0.960. The van der Waals surface area contributed by atoms with Gasteiger partial charge in [0.15, 0.2) is 0 Å². The molecule has 0 aromatic heterocycles. The lowest BCUT2D eigenvalue weighted by atomic mass is 10.1. The van der Waals surface area contributed by atoms with E-state index >= 15 is 0 Å². The Bertz CT molecular complexity index is 395. The molecule has 0 aromatic carbocycles. The molecule has 8 heteroatoms. The molecule has 0 aliphatic heterocycles. The largest absolute Gasteiger partial charge is 0.383 e. The molecule has 0 saturated heterocycles. The van der Waals surface area contributed by atoms with Crippen LogP contribution in [-0.2, 0) is 4.79 Å². The van der Waals surface area contributed by atoms with Crippen molar-refractivity contribution in [2.24, 2.45) is 10.9 Å². The number of rotatable bonds is 3. The van der Waals surface area contributed by atoms with Crippen LogP contribution in [-0.4, -0.2) is 35.7 Å². The number of amides is 1. The molecule has 0 spiro atoms. The Morgan fingerprint density at radius 1 is 1.33 bits per heavy atom. The molecule has 0 unspecified atom stereocenters. The van der Waals surface area contributed by atoms with Gasteiger partial charge in [-0.05, 0) is 19.8 Å². The van der Waals surface area contributed by atoms with Gasteiger partial charge < -0.3 is 16.4 Å². The lowest BCUT2D eigenvalue weighted by Crippen LogP contribution is -2.17. The van der Waals surface area contributed by atoms with Gasteiger partial charge >= 0.3 is 0 Å². The molecule has 1 aliphatic rings. The number of nitrogens with two attached hydrogens (primary N) is 2. The summed E-state index contributed by atoms with van der Waals surface area (Å²) in [5.74, 6) is -0.164. The number of allylic oxidation sites excluding steroid dienone is 2. The van der Waals surface area contributed by atoms with Crippen molar-refractivity contribution < 1.29 is 4.79 Å². The van der Waals surface area contributed by atoms with E-state index in [2.05, 4.69) is 46.8 Å². The van der Waals surface area contributed by atoms with E-state index in [0.29, 0.717) is 0 Å². The average molecular weight is 349 g/mol. The van der Waals surface area contributed by atoms with Gasteiger partial charge in [0.25, 0.3) is 0 Å². The van der Waals surface area contributed by atoms with Crippen molar-refractivity contribution in [1.29, 1.82) is 0 Å². The monoisotopic (exact) mass is 348 g/mol. The van der Waals surface area contributed by atoms with Gasteiger partial charge in [-0.2, -0.15) is 0 Å². The molecule has 1 aliphatic carbocycles. The van der Waals surface area contributed by atoms with Crippen LogP contribution in [0.15, 0.2) is 23.8 Å². The van der Waals surface area contributed by atoms with Crippen molar-refractivity contribution in [1.82, 2.24) is 10.6 Å². The van der Waals surface area contributed by atoms with Crippen molar-refractivity contribution >= 4 is 52.3 Å². The maximum absolute atomic E-state index is 9.72. The van der Waals surface area contributed by atoms with E-state index in [1.165, 1.54) is 0 Å². The third-order valence-corrected chi connectivity index (χ3v) is 3.16. The molecule has 120 valence electrons. The number of likely N-dealkylation sites (N-methyl/N-ethyl adjacent to an activating group) is 1. The highest BCUT2D eigenvalue weighted by Crippen LogP contribution is 2.09. The average Bonchev–Trinajstić information content (AvgIpc) is 2.48. The first-order chi connectivity index (χ1) is 9.88. The van der Waals surface area contributed by atoms with E-state index in [4.69, 9.17) is 17.4 Å². The summed E-state index contributed by atoms with van der Waals surface area (Å²) in [5, 5.41) is 10.6. The van der Waals surface area contributed by atoms with Crippen LogP contribution in [0.4, 0.5) is 0 Å². The minimum atomic E-state index is -0.373. The second kappa shape index (κ2) is 15.4. The SMILES string of the molecule is CNC(=S)C1=CCCC=C1.CNC(C)=S.NSCC(N)=O. The zero-order valence-corrected chi connectivity index (χ0v) is 15.1. The Kier molecular flexibility index (Phi) is 16.4. The van der Waals surface area contributed by atoms with Crippen molar-refractivity contribution in [2.45, 2.75) is 19.8 Å². The summed E-state index contributed by atoms with van der Waals surface area (Å²) in [6.07, 6.45) is 8.66. The number of carbonyl (C=O) groups excluding carboxylic acids is 1. The van der Waals surface area contributed by atoms with Crippen LogP contribution in [0.1, 0.15) is 19.8 Å². The smallest absolute Gasteiger partial charge is 0.228 e. The molecule has 6 N–H and O–H groups in total. The molecule has 0 atom stereocenters. The zero-order valence-electron chi connectivity index (χ0n) is 12.6. The predicted octanol–water partition coefficient (Wildman–Crippen LogP) is 1.44. The van der Waals surface area contributed by atoms with Crippen molar-refractivity contribution in [3.05, 3.63) is 23.8 Å². The molecule has 0 aromatic rings. The fourth-order valence-electron chi connectivity index (χ4n) is 1.01. The molecule has 1 amide bonds. The van der Waals surface area contributed by atoms with Gasteiger partial charge in [-0.15, -0.1) is 0 Å². The van der Waals surface area contributed by atoms with Crippen LogP contribution in [0, 0.1) is 0 Å². The normalized spacial score (nSPS) is 11.7. The van der Waals surface area contributed by atoms with Crippen LogP contribution in [0.25, 0.3) is 0 Å². The summed E-state index contributed by atoms with van der Waals surface area (Å²) in [4.78, 5) is 11.4. The molecule has 0 radical (unpaired) electrons. The molecule has 0 fully saturated rings. The fraction of sp³-hybridized carbons (Fsp3) is 0.462. The molecular weight excluding hydrogens is 324 g/mol. The molecular formula is C13H24N4OS3. The van der Waals surface area contributed by atoms with E-state index in [0.717, 1.165) is 40.3 Å². The van der Waals surface area contributed by atoms with E-state index in [-0.39, 0.29) is 11.7 Å². The molecule has 0 saturated carbocycles. The van der Waals surface area contributed by atoms with Crippen LogP contribution in [0.3, 0.4) is 0 Å². The molecule has 1 rings (SSSR count). The van der Waals surface area contributed by atoms with Crippen LogP contribution < -0.4 is 21.5 Å². The Balaban J connectivity index is 0. The van der Waals surface area contributed by atoms with Gasteiger partial charge in [-0.3, -0.25) is 9.93 Å². The van der Waals surface area contributed by atoms with E-state index in [9.17, 15) is 4.79 Å². The number of primary amides is 1. The van der Waals surface area contributed by atoms with Gasteiger partial charge in [0, 0.05) is 19.7 Å². The number of hydrogen-bond acceptors (Lipinski definition) is 5. The van der Waals surface area contributed by atoms with Gasteiger partial charge in [0.05, 0.1) is 10.7 Å². The number of hydrogen-bond donors (Lipinski definition) is 4. The van der Waals surface area contributed by atoms with Crippen molar-refractivity contribution in [2.75, 3.05) is 19.8 Å². The van der Waals surface area contributed by atoms with Crippen LogP contribution >= 0.6 is 36.4 Å². The first-order valence-electron chi connectivity index (χ1n) is 6.26. The maximum atomic E-state index is 9.72. The van der Waals surface area contributed by atoms with Gasteiger partial charge in [0.2, 0.25) is 5.91 Å². The fourth-order valence-corrected chi connectivity index (χ4v) is 1.32. The second-order valence-electron chi connectivity index (χ2n) is 3.80. The first kappa shape index (κ1) is 22.3. The highest BCUT2D eigenvalue weighted by atomic mass is 32.2. The molecule has 0 heterocycles. The lowest BCUT2D eigenvalue weighted by molar-refractivity contribution is -0.115. The minimum absolute atomic E-state index is 0.208. The van der Waals surface area contributed by atoms with Gasteiger partial charge in [-0.1, -0.05) is 54.6 Å². The van der Waals surface area contributed by atoms with Crippen LogP contribution in [0.5, 0.6) is 0 Å². The van der Waals surface area contributed by atoms with E-state index in [1.807, 2.05) is 21.0 Å². The molecule has 5 nitrogen and oxygen atoms in total. The highest BCUT2D eigenvalue weighted by molar-refractivity contribution is 7.97. The Labute approximate surface area is 142 Å². The van der Waals surface area contributed by atoms with Crippen molar-refractivity contribution in [3.8, 4) is 0 Å². The van der Waals surface area contributed by atoms with Crippen LogP contribution in [0.2, 0.25) is 0 Å². The summed E-state index contributed by atoms with van der Waals surface area (Å²) in [6.45, 7) is 1.84. The lowest BCUT2D eigenvalue weighted by Gasteiger charge is -2.06. The zero-order chi connectivity index (χ0) is 16.7. The van der Waals surface area contributed by atoms with Gasteiger partial charge in [-0.25, -0.2) is 0 Å². The Morgan fingerprint density at radius 2 is 1.90 bits per heavy atom. The Morgan fingerprint density at radius 3 is 2.14 bits per heavy atom.